The second-order valence-corrected chi connectivity index (χ2v) is 7.17. The van der Waals surface area contributed by atoms with Crippen molar-refractivity contribution in [2.45, 2.75) is 31.5 Å². The van der Waals surface area contributed by atoms with Gasteiger partial charge in [0.25, 0.3) is 7.82 Å². The van der Waals surface area contributed by atoms with Crippen molar-refractivity contribution in [3.05, 3.63) is 24.4 Å². The maximum atomic E-state index is 10.8. The predicted octanol–water partition coefficient (Wildman–Crippen LogP) is -3.41. The van der Waals surface area contributed by atoms with Gasteiger partial charge < -0.3 is 33.7 Å². The van der Waals surface area contributed by atoms with Crippen LogP contribution in [0.15, 0.2) is 23.1 Å². The van der Waals surface area contributed by atoms with Gasteiger partial charge in [-0.2, -0.15) is 0 Å². The first-order valence-corrected chi connectivity index (χ1v) is 9.16. The summed E-state index contributed by atoms with van der Waals surface area (Å²) in [5.41, 5.74) is 2.16. The molecule has 13 heteroatoms. The molecule has 1 aliphatic heterocycles. The monoisotopic (exact) mass is 407 g/mol. The van der Waals surface area contributed by atoms with Gasteiger partial charge in [-0.3, -0.25) is 9.13 Å². The molecule has 3 aromatic rings. The third kappa shape index (κ3) is 3.60. The van der Waals surface area contributed by atoms with Gasteiger partial charge in [-0.05, 0) is 6.92 Å². The number of rotatable bonds is 4. The number of nitrogens with zero attached hydrogens (tertiary/aromatic N) is 3. The van der Waals surface area contributed by atoms with Crippen LogP contribution < -0.4 is 34.5 Å². The second-order valence-electron chi connectivity index (χ2n) is 5.97. The largest absolute Gasteiger partial charge is 1.00 e. The molecule has 4 rings (SSSR count). The normalized spacial score (nSPS) is 27.7. The van der Waals surface area contributed by atoms with Crippen molar-refractivity contribution in [1.29, 1.82) is 0 Å². The van der Waals surface area contributed by atoms with E-state index >= 15 is 0 Å². The minimum atomic E-state index is -4.98. The Labute approximate surface area is 174 Å². The van der Waals surface area contributed by atoms with Gasteiger partial charge in [0.1, 0.15) is 30.3 Å². The number of hydrogen-bond acceptors (Lipinski definition) is 9. The Morgan fingerprint density at radius 1 is 1.37 bits per heavy atom. The third-order valence-electron chi connectivity index (χ3n) is 4.37. The van der Waals surface area contributed by atoms with E-state index < -0.39 is 39.0 Å². The summed E-state index contributed by atoms with van der Waals surface area (Å²) < 4.78 is 27.7. The summed E-state index contributed by atoms with van der Waals surface area (Å²) in [6.45, 7) is 1.13. The Morgan fingerprint density at radius 3 is 2.81 bits per heavy atom. The number of ether oxygens (including phenoxy) is 1. The molecule has 5 atom stereocenters. The van der Waals surface area contributed by atoms with Gasteiger partial charge in [-0.1, -0.05) is 0 Å². The van der Waals surface area contributed by atoms with E-state index in [1.807, 2.05) is 0 Å². The van der Waals surface area contributed by atoms with Crippen molar-refractivity contribution < 1.29 is 67.8 Å². The van der Waals surface area contributed by atoms with Crippen LogP contribution in [0, 0.1) is 6.92 Å². The molecule has 0 bridgehead atoms. The fraction of sp³-hybridized carbons (Fsp3) is 0.429. The van der Waals surface area contributed by atoms with Crippen LogP contribution in [0.2, 0.25) is 0 Å². The molecule has 3 aromatic heterocycles. The molecule has 0 saturated carbocycles. The average molecular weight is 407 g/mol. The topological polar surface area (TPSA) is 163 Å². The molecule has 4 heterocycles. The van der Waals surface area contributed by atoms with Gasteiger partial charge in [-0.15, -0.1) is 0 Å². The molecule has 0 aliphatic carbocycles. The number of aromatic nitrogens is 3. The number of phosphoric ester groups is 1. The van der Waals surface area contributed by atoms with Crippen LogP contribution in [0.1, 0.15) is 11.9 Å². The standard InChI is InChI=1S/C14H16N3O8P.Na/c1-6-9-12-7(2-3-23-12)17(13(9)16-5-15-6)14-11(19)10(18)8(25-14)4-24-26(20,21)22;/h2-3,5,8,10-11,14,18-19H,4H2,1H3,(H2,20,21,22);/q;+1/p-1/t8-,10-,11-,14-;/m1./s1. The third-order valence-corrected chi connectivity index (χ3v) is 4.85. The quantitative estimate of drug-likeness (QED) is 0.293. The molecule has 1 aliphatic rings. The molecule has 0 amide bonds. The number of aryl methyl sites for hydroxylation is 1. The summed E-state index contributed by atoms with van der Waals surface area (Å²) in [5.74, 6) is 0. The van der Waals surface area contributed by atoms with Crippen LogP contribution in [0.5, 0.6) is 0 Å². The molecule has 0 spiro atoms. The zero-order valence-electron chi connectivity index (χ0n) is 14.4. The van der Waals surface area contributed by atoms with Crippen LogP contribution in [-0.2, 0) is 13.8 Å². The van der Waals surface area contributed by atoms with E-state index in [1.54, 1.807) is 17.6 Å². The Hall–Kier alpha value is -0.850. The minimum Gasteiger partial charge on any atom is -0.756 e. The molecule has 0 aromatic carbocycles. The molecule has 11 nitrogen and oxygen atoms in total. The van der Waals surface area contributed by atoms with Crippen LogP contribution in [0.4, 0.5) is 0 Å². The van der Waals surface area contributed by atoms with Crippen molar-refractivity contribution >= 4 is 30.0 Å². The van der Waals surface area contributed by atoms with Crippen molar-refractivity contribution in [2.75, 3.05) is 6.61 Å². The van der Waals surface area contributed by atoms with Gasteiger partial charge in [-0.25, -0.2) is 9.97 Å². The summed E-state index contributed by atoms with van der Waals surface area (Å²) in [7, 11) is -4.98. The minimum absolute atomic E-state index is 0. The van der Waals surface area contributed by atoms with Gasteiger partial charge in [0, 0.05) is 6.07 Å². The number of hydrogen-bond donors (Lipinski definition) is 3. The first-order chi connectivity index (χ1) is 12.3. The van der Waals surface area contributed by atoms with Gasteiger partial charge in [0.05, 0.1) is 29.5 Å². The van der Waals surface area contributed by atoms with E-state index in [0.29, 0.717) is 27.8 Å². The number of fused-ring (bicyclic) bond motifs is 3. The SMILES string of the molecule is Cc1ncnc2c1c1occc1n2[C@@H]1O[C@H](COP(=O)([O-])O)[C@@H](O)[C@H]1O.[Na+]. The summed E-state index contributed by atoms with van der Waals surface area (Å²) in [6.07, 6.45) is -2.26. The first-order valence-electron chi connectivity index (χ1n) is 7.66. The van der Waals surface area contributed by atoms with Gasteiger partial charge >= 0.3 is 29.6 Å². The Bertz CT molecular complexity index is 1020. The fourth-order valence-corrected chi connectivity index (χ4v) is 3.54. The number of aliphatic hydroxyl groups is 2. The number of aliphatic hydroxyl groups excluding tert-OH is 2. The van der Waals surface area contributed by atoms with Crippen LogP contribution in [0.3, 0.4) is 0 Å². The molecule has 1 saturated heterocycles. The second kappa shape index (κ2) is 7.53. The average Bonchev–Trinajstić information content (AvgIpc) is 3.21. The van der Waals surface area contributed by atoms with Gasteiger partial charge in [0.15, 0.2) is 11.8 Å². The summed E-state index contributed by atoms with van der Waals surface area (Å²) in [6, 6.07) is 1.66. The van der Waals surface area contributed by atoms with Crippen LogP contribution in [-0.4, -0.2) is 54.6 Å². The van der Waals surface area contributed by atoms with E-state index in [-0.39, 0.29) is 29.6 Å². The zero-order valence-corrected chi connectivity index (χ0v) is 17.3. The number of furan rings is 1. The Balaban J connectivity index is 0.00000210. The molecule has 140 valence electrons. The molecular weight excluding hydrogens is 392 g/mol. The molecule has 27 heavy (non-hydrogen) atoms. The van der Waals surface area contributed by atoms with E-state index in [2.05, 4.69) is 14.5 Å². The molecule has 0 radical (unpaired) electrons. The number of phosphoric acid groups is 1. The van der Waals surface area contributed by atoms with E-state index in [4.69, 9.17) is 14.0 Å². The summed E-state index contributed by atoms with van der Waals surface area (Å²) in [4.78, 5) is 27.8. The fourth-order valence-electron chi connectivity index (χ4n) is 3.21. The van der Waals surface area contributed by atoms with Crippen molar-refractivity contribution in [1.82, 2.24) is 14.5 Å². The molecular formula is C14H15N3NaO8P. The van der Waals surface area contributed by atoms with Crippen LogP contribution in [0.25, 0.3) is 22.1 Å². The Morgan fingerprint density at radius 2 is 2.11 bits per heavy atom. The van der Waals surface area contributed by atoms with Crippen molar-refractivity contribution in [3.8, 4) is 0 Å². The zero-order chi connectivity index (χ0) is 18.6. The van der Waals surface area contributed by atoms with E-state index in [1.165, 1.54) is 12.6 Å². The predicted molar refractivity (Wildman–Crippen MR) is 83.7 cm³/mol. The van der Waals surface area contributed by atoms with Gasteiger partial charge in [0.2, 0.25) is 0 Å². The van der Waals surface area contributed by atoms with E-state index in [9.17, 15) is 19.7 Å². The van der Waals surface area contributed by atoms with Crippen LogP contribution >= 0.6 is 7.82 Å². The van der Waals surface area contributed by atoms with E-state index in [0.717, 1.165) is 0 Å². The molecule has 1 unspecified atom stereocenters. The summed E-state index contributed by atoms with van der Waals surface area (Å²) >= 11 is 0. The molecule has 3 N–H and O–H groups in total. The summed E-state index contributed by atoms with van der Waals surface area (Å²) in [5, 5.41) is 21.2. The smallest absolute Gasteiger partial charge is 0.756 e. The maximum Gasteiger partial charge on any atom is 1.00 e. The first kappa shape index (κ1) is 20.9. The molecule has 1 fully saturated rings. The Kier molecular flexibility index (Phi) is 5.82. The van der Waals surface area contributed by atoms with Crippen molar-refractivity contribution in [2.24, 2.45) is 0 Å². The maximum absolute atomic E-state index is 10.8. The van der Waals surface area contributed by atoms with Crippen molar-refractivity contribution in [3.63, 3.8) is 0 Å².